The van der Waals surface area contributed by atoms with E-state index in [0.29, 0.717) is 0 Å². The van der Waals surface area contributed by atoms with Crippen LogP contribution in [0, 0.1) is 6.92 Å². The molecule has 0 radical (unpaired) electrons. The van der Waals surface area contributed by atoms with E-state index in [1.807, 2.05) is 6.92 Å². The van der Waals surface area contributed by atoms with Crippen molar-refractivity contribution in [1.82, 2.24) is 0 Å². The first-order valence-corrected chi connectivity index (χ1v) is 5.81. The standard InChI is InChI=1S/C15H18O/c1-5-6-13-12-8-7-11(4)9-14(12)16-15(13)10(2)3/h7-9H,2,5-6H2,1,3-4H3. The third-order valence-corrected chi connectivity index (χ3v) is 2.84. The quantitative estimate of drug-likeness (QED) is 0.720. The van der Waals surface area contributed by atoms with Gasteiger partial charge in [0.05, 0.1) is 0 Å². The minimum absolute atomic E-state index is 0.974. The molecule has 1 nitrogen and oxygen atoms in total. The van der Waals surface area contributed by atoms with Crippen molar-refractivity contribution in [2.45, 2.75) is 33.6 Å². The van der Waals surface area contributed by atoms with Gasteiger partial charge in [0.15, 0.2) is 0 Å². The van der Waals surface area contributed by atoms with Gasteiger partial charge < -0.3 is 4.42 Å². The SMILES string of the molecule is C=C(C)c1oc2cc(C)ccc2c1CCC. The Balaban J connectivity index is 2.70. The maximum absolute atomic E-state index is 5.89. The number of aryl methyl sites for hydroxylation is 2. The molecule has 1 heteroatoms. The van der Waals surface area contributed by atoms with Gasteiger partial charge in [-0.3, -0.25) is 0 Å². The van der Waals surface area contributed by atoms with E-state index in [2.05, 4.69) is 38.6 Å². The van der Waals surface area contributed by atoms with E-state index in [-0.39, 0.29) is 0 Å². The van der Waals surface area contributed by atoms with Crippen LogP contribution in [0.4, 0.5) is 0 Å². The Morgan fingerprint density at radius 1 is 1.38 bits per heavy atom. The third kappa shape index (κ3) is 1.78. The molecule has 0 saturated carbocycles. The Kier molecular flexibility index (Phi) is 2.86. The lowest BCUT2D eigenvalue weighted by Crippen LogP contribution is -1.86. The van der Waals surface area contributed by atoms with Gasteiger partial charge in [-0.2, -0.15) is 0 Å². The van der Waals surface area contributed by atoms with Gasteiger partial charge in [0.2, 0.25) is 0 Å². The summed E-state index contributed by atoms with van der Waals surface area (Å²) in [5, 5.41) is 1.24. The molecule has 0 fully saturated rings. The van der Waals surface area contributed by atoms with E-state index in [1.54, 1.807) is 0 Å². The molecule has 0 unspecified atom stereocenters. The molecule has 16 heavy (non-hydrogen) atoms. The van der Waals surface area contributed by atoms with Gasteiger partial charge in [-0.05, 0) is 37.5 Å². The summed E-state index contributed by atoms with van der Waals surface area (Å²) in [7, 11) is 0. The van der Waals surface area contributed by atoms with Gasteiger partial charge in [0.25, 0.3) is 0 Å². The number of hydrogen-bond acceptors (Lipinski definition) is 1. The second-order valence-electron chi connectivity index (χ2n) is 4.44. The molecule has 0 saturated heterocycles. The molecule has 0 aliphatic carbocycles. The maximum Gasteiger partial charge on any atom is 0.135 e. The minimum Gasteiger partial charge on any atom is -0.456 e. The lowest BCUT2D eigenvalue weighted by molar-refractivity contribution is 0.592. The summed E-state index contributed by atoms with van der Waals surface area (Å²) in [4.78, 5) is 0. The zero-order valence-corrected chi connectivity index (χ0v) is 10.3. The summed E-state index contributed by atoms with van der Waals surface area (Å²) in [6.45, 7) is 10.3. The third-order valence-electron chi connectivity index (χ3n) is 2.84. The predicted molar refractivity (Wildman–Crippen MR) is 69.7 cm³/mol. The Bertz CT molecular complexity index is 532. The fourth-order valence-corrected chi connectivity index (χ4v) is 2.10. The van der Waals surface area contributed by atoms with Crippen LogP contribution in [0.3, 0.4) is 0 Å². The molecule has 0 aliphatic heterocycles. The second-order valence-corrected chi connectivity index (χ2v) is 4.44. The van der Waals surface area contributed by atoms with Crippen molar-refractivity contribution < 1.29 is 4.42 Å². The largest absolute Gasteiger partial charge is 0.456 e. The second kappa shape index (κ2) is 4.17. The van der Waals surface area contributed by atoms with E-state index in [9.17, 15) is 0 Å². The highest BCUT2D eigenvalue weighted by Gasteiger charge is 2.13. The van der Waals surface area contributed by atoms with Gasteiger partial charge in [-0.25, -0.2) is 0 Å². The molecular formula is C15H18O. The first kappa shape index (κ1) is 11.0. The lowest BCUT2D eigenvalue weighted by atomic mass is 10.0. The minimum atomic E-state index is 0.974. The van der Waals surface area contributed by atoms with Crippen LogP contribution >= 0.6 is 0 Å². The highest BCUT2D eigenvalue weighted by molar-refractivity contribution is 5.86. The van der Waals surface area contributed by atoms with Gasteiger partial charge in [-0.1, -0.05) is 32.1 Å². The monoisotopic (exact) mass is 214 g/mol. The number of fused-ring (bicyclic) bond motifs is 1. The number of allylic oxidation sites excluding steroid dienone is 1. The Hall–Kier alpha value is -1.50. The molecule has 0 spiro atoms. The topological polar surface area (TPSA) is 13.1 Å². The van der Waals surface area contributed by atoms with Crippen molar-refractivity contribution in [3.05, 3.63) is 41.7 Å². The zero-order valence-electron chi connectivity index (χ0n) is 10.3. The molecule has 0 aliphatic rings. The van der Waals surface area contributed by atoms with E-state index in [4.69, 9.17) is 4.42 Å². The summed E-state index contributed by atoms with van der Waals surface area (Å²) in [5.41, 5.74) is 4.54. The van der Waals surface area contributed by atoms with Crippen molar-refractivity contribution in [2.24, 2.45) is 0 Å². The van der Waals surface area contributed by atoms with Crippen molar-refractivity contribution in [2.75, 3.05) is 0 Å². The van der Waals surface area contributed by atoms with Crippen LogP contribution < -0.4 is 0 Å². The van der Waals surface area contributed by atoms with Crippen LogP contribution in [0.2, 0.25) is 0 Å². The van der Waals surface area contributed by atoms with Crippen LogP contribution in [0.15, 0.2) is 29.2 Å². The molecule has 1 aromatic heterocycles. The smallest absolute Gasteiger partial charge is 0.135 e. The van der Waals surface area contributed by atoms with Crippen LogP contribution in [0.25, 0.3) is 16.5 Å². The average Bonchev–Trinajstić information content (AvgIpc) is 2.57. The van der Waals surface area contributed by atoms with Gasteiger partial charge in [0.1, 0.15) is 11.3 Å². The highest BCUT2D eigenvalue weighted by Crippen LogP contribution is 2.31. The summed E-state index contributed by atoms with van der Waals surface area (Å²) in [6.07, 6.45) is 2.18. The first-order valence-electron chi connectivity index (χ1n) is 5.81. The molecule has 0 N–H and O–H groups in total. The molecule has 1 heterocycles. The first-order chi connectivity index (χ1) is 7.63. The molecule has 1 aromatic carbocycles. The van der Waals surface area contributed by atoms with E-state index in [0.717, 1.165) is 29.8 Å². The normalized spacial score (nSPS) is 10.9. The predicted octanol–water partition coefficient (Wildman–Crippen LogP) is 4.73. The van der Waals surface area contributed by atoms with Crippen LogP contribution in [-0.4, -0.2) is 0 Å². The molecule has 2 rings (SSSR count). The summed E-state index contributed by atoms with van der Waals surface area (Å²) in [5.74, 6) is 0.974. The van der Waals surface area contributed by atoms with Gasteiger partial charge in [-0.15, -0.1) is 0 Å². The maximum atomic E-state index is 5.89. The molecule has 2 aromatic rings. The van der Waals surface area contributed by atoms with Crippen molar-refractivity contribution in [3.63, 3.8) is 0 Å². The average molecular weight is 214 g/mol. The van der Waals surface area contributed by atoms with Gasteiger partial charge in [0, 0.05) is 10.9 Å². The van der Waals surface area contributed by atoms with Crippen LogP contribution in [0.1, 0.15) is 37.2 Å². The molecular weight excluding hydrogens is 196 g/mol. The van der Waals surface area contributed by atoms with E-state index < -0.39 is 0 Å². The van der Waals surface area contributed by atoms with Crippen LogP contribution in [-0.2, 0) is 6.42 Å². The zero-order chi connectivity index (χ0) is 11.7. The van der Waals surface area contributed by atoms with E-state index >= 15 is 0 Å². The number of furan rings is 1. The molecule has 0 amide bonds. The van der Waals surface area contributed by atoms with Crippen molar-refractivity contribution in [1.29, 1.82) is 0 Å². The number of benzene rings is 1. The fraction of sp³-hybridized carbons (Fsp3) is 0.333. The van der Waals surface area contributed by atoms with Crippen LogP contribution in [0.5, 0.6) is 0 Å². The van der Waals surface area contributed by atoms with E-state index in [1.165, 1.54) is 16.5 Å². The summed E-state index contributed by atoms with van der Waals surface area (Å²) >= 11 is 0. The van der Waals surface area contributed by atoms with Gasteiger partial charge >= 0.3 is 0 Å². The summed E-state index contributed by atoms with van der Waals surface area (Å²) in [6, 6.07) is 6.39. The van der Waals surface area contributed by atoms with Crippen molar-refractivity contribution in [3.8, 4) is 0 Å². The number of hydrogen-bond donors (Lipinski definition) is 0. The fourth-order valence-electron chi connectivity index (χ4n) is 2.10. The Morgan fingerprint density at radius 3 is 2.75 bits per heavy atom. The molecule has 0 atom stereocenters. The Labute approximate surface area is 96.8 Å². The Morgan fingerprint density at radius 2 is 2.12 bits per heavy atom. The summed E-state index contributed by atoms with van der Waals surface area (Å²) < 4.78 is 5.89. The lowest BCUT2D eigenvalue weighted by Gasteiger charge is -1.99. The molecule has 0 bridgehead atoms. The van der Waals surface area contributed by atoms with Crippen molar-refractivity contribution >= 4 is 16.5 Å². The highest BCUT2D eigenvalue weighted by atomic mass is 16.3. The molecule has 84 valence electrons. The number of rotatable bonds is 3.